The lowest BCUT2D eigenvalue weighted by Gasteiger charge is -2.34. The molecule has 4 heterocycles. The minimum Gasteiger partial charge on any atom is -0.350 e. The third kappa shape index (κ3) is 5.45. The molecular formula is C31H32N6O3S. The van der Waals surface area contributed by atoms with E-state index in [1.54, 1.807) is 22.1 Å². The van der Waals surface area contributed by atoms with E-state index in [-0.39, 0.29) is 23.9 Å². The van der Waals surface area contributed by atoms with Crippen LogP contribution in [0.5, 0.6) is 0 Å². The lowest BCUT2D eigenvalue weighted by molar-refractivity contribution is -0.126. The molecule has 41 heavy (non-hydrogen) atoms. The third-order valence-corrected chi connectivity index (χ3v) is 8.84. The fourth-order valence-corrected chi connectivity index (χ4v) is 6.80. The molecule has 0 bridgehead atoms. The van der Waals surface area contributed by atoms with Crippen LogP contribution in [0.1, 0.15) is 18.0 Å². The van der Waals surface area contributed by atoms with E-state index in [0.29, 0.717) is 26.1 Å². The fourth-order valence-electron chi connectivity index (χ4n) is 5.57. The number of carbonyl (C=O) groups is 3. The molecule has 210 valence electrons. The maximum absolute atomic E-state index is 13.6. The maximum atomic E-state index is 13.6. The van der Waals surface area contributed by atoms with E-state index in [1.165, 1.54) is 11.8 Å². The summed E-state index contributed by atoms with van der Waals surface area (Å²) in [6.45, 7) is 1.75. The molecule has 0 radical (unpaired) electrons. The Bertz CT molecular complexity index is 1510. The predicted molar refractivity (Wildman–Crippen MR) is 160 cm³/mol. The number of hydrogen-bond donors (Lipinski definition) is 2. The van der Waals surface area contributed by atoms with Crippen LogP contribution in [0.2, 0.25) is 0 Å². The van der Waals surface area contributed by atoms with Crippen molar-refractivity contribution in [2.24, 2.45) is 0 Å². The zero-order chi connectivity index (χ0) is 28.5. The summed E-state index contributed by atoms with van der Waals surface area (Å²) in [6.07, 6.45) is 5.82. The van der Waals surface area contributed by atoms with Crippen LogP contribution >= 0.6 is 11.8 Å². The highest BCUT2D eigenvalue weighted by molar-refractivity contribution is 8.01. The molecule has 2 aromatic carbocycles. The van der Waals surface area contributed by atoms with Gasteiger partial charge in [-0.25, -0.2) is 9.78 Å². The smallest absolute Gasteiger partial charge is 0.327 e. The Morgan fingerprint density at radius 1 is 1.12 bits per heavy atom. The quantitative estimate of drug-likeness (QED) is 0.419. The van der Waals surface area contributed by atoms with Gasteiger partial charge >= 0.3 is 6.03 Å². The molecule has 9 nitrogen and oxygen atoms in total. The molecule has 3 aliphatic rings. The van der Waals surface area contributed by atoms with Crippen LogP contribution in [0.4, 0.5) is 16.2 Å². The lowest BCUT2D eigenvalue weighted by Crippen LogP contribution is -2.50. The number of nitrogens with one attached hydrogen (secondary N) is 2. The molecule has 3 aromatic rings. The molecule has 1 fully saturated rings. The van der Waals surface area contributed by atoms with Gasteiger partial charge in [-0.2, -0.15) is 0 Å². The number of nitrogens with zero attached hydrogens (tertiary/aromatic N) is 4. The first kappa shape index (κ1) is 27.0. The van der Waals surface area contributed by atoms with Crippen molar-refractivity contribution >= 4 is 41.0 Å². The maximum Gasteiger partial charge on any atom is 0.327 e. The minimum absolute atomic E-state index is 0.0453. The molecule has 0 spiro atoms. The monoisotopic (exact) mass is 568 g/mol. The van der Waals surface area contributed by atoms with E-state index in [0.717, 1.165) is 33.1 Å². The Labute approximate surface area is 243 Å². The Morgan fingerprint density at radius 3 is 2.73 bits per heavy atom. The Morgan fingerprint density at radius 2 is 1.93 bits per heavy atom. The van der Waals surface area contributed by atoms with Gasteiger partial charge < -0.3 is 20.4 Å². The van der Waals surface area contributed by atoms with Crippen molar-refractivity contribution in [1.29, 1.82) is 0 Å². The second-order valence-electron chi connectivity index (χ2n) is 10.7. The zero-order valence-electron chi connectivity index (χ0n) is 23.0. The highest BCUT2D eigenvalue weighted by Gasteiger charge is 2.47. The van der Waals surface area contributed by atoms with Crippen LogP contribution in [-0.2, 0) is 9.59 Å². The first-order chi connectivity index (χ1) is 19.9. The van der Waals surface area contributed by atoms with Crippen LogP contribution in [0, 0.1) is 0 Å². The molecule has 6 rings (SSSR count). The van der Waals surface area contributed by atoms with Crippen molar-refractivity contribution in [3.05, 3.63) is 84.6 Å². The third-order valence-electron chi connectivity index (χ3n) is 7.55. The second-order valence-corrected chi connectivity index (χ2v) is 11.8. The van der Waals surface area contributed by atoms with Gasteiger partial charge in [-0.15, -0.1) is 0 Å². The molecule has 10 heteroatoms. The number of likely N-dealkylation sites (N-methyl/N-ethyl adjacent to an activating group) is 1. The highest BCUT2D eigenvalue weighted by atomic mass is 32.2. The van der Waals surface area contributed by atoms with E-state index in [4.69, 9.17) is 0 Å². The van der Waals surface area contributed by atoms with Crippen LogP contribution in [-0.4, -0.2) is 77.7 Å². The highest BCUT2D eigenvalue weighted by Crippen LogP contribution is 2.50. The average Bonchev–Trinajstić information content (AvgIpc) is 3.59. The average molecular weight is 569 g/mol. The molecule has 2 unspecified atom stereocenters. The van der Waals surface area contributed by atoms with Crippen LogP contribution < -0.4 is 15.5 Å². The topological polar surface area (TPSA) is 97.9 Å². The minimum atomic E-state index is -0.551. The van der Waals surface area contributed by atoms with Crippen molar-refractivity contribution in [2.75, 3.05) is 38.6 Å². The summed E-state index contributed by atoms with van der Waals surface area (Å²) in [6, 6.07) is 18.8. The van der Waals surface area contributed by atoms with Gasteiger partial charge in [0, 0.05) is 43.5 Å². The Balaban J connectivity index is 1.18. The number of urea groups is 1. The van der Waals surface area contributed by atoms with E-state index in [2.05, 4.69) is 15.6 Å². The van der Waals surface area contributed by atoms with Gasteiger partial charge in [-0.05, 0) is 49.8 Å². The van der Waals surface area contributed by atoms with E-state index in [9.17, 15) is 14.4 Å². The predicted octanol–water partition coefficient (Wildman–Crippen LogP) is 3.96. The van der Waals surface area contributed by atoms with Gasteiger partial charge in [0.2, 0.25) is 11.8 Å². The summed E-state index contributed by atoms with van der Waals surface area (Å²) in [7, 11) is 3.90. The van der Waals surface area contributed by atoms with Crippen molar-refractivity contribution in [3.8, 4) is 11.1 Å². The molecule has 4 amide bonds. The number of pyridine rings is 1. The van der Waals surface area contributed by atoms with Gasteiger partial charge in [-0.1, -0.05) is 60.3 Å². The summed E-state index contributed by atoms with van der Waals surface area (Å²) < 4.78 is 0. The van der Waals surface area contributed by atoms with E-state index in [1.807, 2.05) is 85.7 Å². The van der Waals surface area contributed by atoms with Crippen molar-refractivity contribution in [3.63, 3.8) is 0 Å². The van der Waals surface area contributed by atoms with Gasteiger partial charge in [0.05, 0.1) is 17.4 Å². The molecular weight excluding hydrogens is 536 g/mol. The number of anilines is 2. The number of likely N-dealkylation sites (tertiary alicyclic amines) is 1. The normalized spacial score (nSPS) is 21.3. The molecule has 1 aromatic heterocycles. The molecule has 0 saturated carbocycles. The lowest BCUT2D eigenvalue weighted by atomic mass is 9.99. The van der Waals surface area contributed by atoms with Crippen molar-refractivity contribution in [1.82, 2.24) is 25.4 Å². The van der Waals surface area contributed by atoms with Crippen molar-refractivity contribution < 1.29 is 14.4 Å². The molecule has 1 saturated heterocycles. The molecule has 3 aliphatic heterocycles. The summed E-state index contributed by atoms with van der Waals surface area (Å²) in [4.78, 5) is 49.6. The standard InChI is InChI=1S/C31H32N6O3S/c1-35(2)16-7-12-25(38)36-17-14-22(19-36)33-29(39)28-27-26-24(13-15-32-30(26)41-28)37(31(40)34-27)23-11-6-10-21(18-23)20-8-4-3-5-9-20/h3-13,15,18,22,27-28H,14,16-17,19H2,1-2H3,(H,33,39)(H,34,40)/b12-7+/t22?,27?,28-/m1/s1. The SMILES string of the molecule is CN(C)C/C=C/C(=O)N1CCC(NC(=O)[C@@H]2Sc3nccc4c3C2NC(=O)N4c2cccc(-c3ccccc3)c2)C1. The fraction of sp³-hybridized carbons (Fsp3) is 0.290. The van der Waals surface area contributed by atoms with Gasteiger partial charge in [0.15, 0.2) is 0 Å². The van der Waals surface area contributed by atoms with Gasteiger partial charge in [0.25, 0.3) is 0 Å². The van der Waals surface area contributed by atoms with Crippen LogP contribution in [0.15, 0.2) is 84.0 Å². The second kappa shape index (κ2) is 11.4. The number of benzene rings is 2. The number of carbonyl (C=O) groups excluding carboxylic acids is 3. The van der Waals surface area contributed by atoms with E-state index < -0.39 is 11.3 Å². The number of aromatic nitrogens is 1. The summed E-state index contributed by atoms with van der Waals surface area (Å²) in [5, 5.41) is 6.40. The van der Waals surface area contributed by atoms with Gasteiger partial charge in [0.1, 0.15) is 10.3 Å². The molecule has 0 aliphatic carbocycles. The number of amides is 4. The summed E-state index contributed by atoms with van der Waals surface area (Å²) in [5.74, 6) is -0.206. The first-order valence-corrected chi connectivity index (χ1v) is 14.6. The molecule has 3 atom stereocenters. The van der Waals surface area contributed by atoms with Crippen LogP contribution in [0.3, 0.4) is 0 Å². The largest absolute Gasteiger partial charge is 0.350 e. The van der Waals surface area contributed by atoms with E-state index >= 15 is 0 Å². The van der Waals surface area contributed by atoms with Gasteiger partial charge in [-0.3, -0.25) is 14.5 Å². The Hall–Kier alpha value is -4.15. The Kier molecular flexibility index (Phi) is 7.51. The van der Waals surface area contributed by atoms with Crippen molar-refractivity contribution in [2.45, 2.75) is 28.8 Å². The summed E-state index contributed by atoms with van der Waals surface area (Å²) >= 11 is 1.37. The van der Waals surface area contributed by atoms with Crippen LogP contribution in [0.25, 0.3) is 11.1 Å². The number of hydrogen-bond acceptors (Lipinski definition) is 6. The number of thioether (sulfide) groups is 1. The number of rotatable bonds is 7. The summed E-state index contributed by atoms with van der Waals surface area (Å²) in [5.41, 5.74) is 4.40. The first-order valence-electron chi connectivity index (χ1n) is 13.7. The zero-order valence-corrected chi connectivity index (χ0v) is 23.8. The molecule has 2 N–H and O–H groups in total.